The Morgan fingerprint density at radius 3 is 2.19 bits per heavy atom. The molecule has 0 aliphatic rings. The molecule has 0 amide bonds. The number of aromatic nitrogens is 1. The third kappa shape index (κ3) is 4.37. The molecule has 0 saturated heterocycles. The smallest absolute Gasteiger partial charge is 0.187 e. The zero-order valence-corrected chi connectivity index (χ0v) is 15.5. The summed E-state index contributed by atoms with van der Waals surface area (Å²) < 4.78 is 33.8. The third-order valence-electron chi connectivity index (χ3n) is 3.72. The molecule has 6 nitrogen and oxygen atoms in total. The summed E-state index contributed by atoms with van der Waals surface area (Å²) >= 11 is 0. The Bertz CT molecular complexity index is 845. The highest BCUT2D eigenvalue weighted by Crippen LogP contribution is 2.47. The van der Waals surface area contributed by atoms with Gasteiger partial charge in [-0.05, 0) is 48.7 Å². The van der Waals surface area contributed by atoms with Crippen LogP contribution in [0.4, 0.5) is 5.82 Å². The average Bonchev–Trinajstić information content (AvgIpc) is 3.04. The van der Waals surface area contributed by atoms with E-state index in [1.54, 1.807) is 25.1 Å². The largest absolute Gasteiger partial charge is 0.494 e. The maximum Gasteiger partial charge on any atom is 0.187 e. The van der Waals surface area contributed by atoms with Gasteiger partial charge >= 0.3 is 0 Å². The first-order chi connectivity index (χ1) is 12.5. The third-order valence-corrected chi connectivity index (χ3v) is 5.14. The number of benzene rings is 2. The molecule has 0 saturated carbocycles. The van der Waals surface area contributed by atoms with Gasteiger partial charge < -0.3 is 9.26 Å². The summed E-state index contributed by atoms with van der Waals surface area (Å²) in [7, 11) is -3.21. The van der Waals surface area contributed by atoms with Crippen molar-refractivity contribution in [1.82, 2.24) is 5.16 Å². The van der Waals surface area contributed by atoms with Gasteiger partial charge in [-0.15, -0.1) is 0 Å². The number of nitrogens with zero attached hydrogens (tertiary/aromatic N) is 1. The number of anilines is 1. The SMILES string of the molecule is CCCOc1ccc(-c2ccc(S(O)(O)Nc3cc(C)on3)cc2)cc1. The predicted molar refractivity (Wildman–Crippen MR) is 104 cm³/mol. The van der Waals surface area contributed by atoms with E-state index in [9.17, 15) is 9.11 Å². The van der Waals surface area contributed by atoms with Crippen LogP contribution in [-0.2, 0) is 0 Å². The molecule has 26 heavy (non-hydrogen) atoms. The van der Waals surface area contributed by atoms with Gasteiger partial charge in [0.05, 0.1) is 11.5 Å². The van der Waals surface area contributed by atoms with Crippen LogP contribution >= 0.6 is 10.8 Å². The first kappa shape index (κ1) is 18.3. The van der Waals surface area contributed by atoms with Crippen LogP contribution in [-0.4, -0.2) is 20.9 Å². The van der Waals surface area contributed by atoms with Gasteiger partial charge in [0.15, 0.2) is 5.82 Å². The molecule has 0 radical (unpaired) electrons. The first-order valence-corrected chi connectivity index (χ1v) is 9.85. The molecule has 7 heteroatoms. The zero-order valence-electron chi connectivity index (χ0n) is 14.7. The van der Waals surface area contributed by atoms with E-state index in [0.717, 1.165) is 23.3 Å². The van der Waals surface area contributed by atoms with E-state index >= 15 is 0 Å². The van der Waals surface area contributed by atoms with Crippen molar-refractivity contribution in [3.05, 3.63) is 60.4 Å². The van der Waals surface area contributed by atoms with Crippen molar-refractivity contribution in [2.24, 2.45) is 0 Å². The van der Waals surface area contributed by atoms with Gasteiger partial charge in [-0.25, -0.2) is 0 Å². The normalized spacial score (nSPS) is 12.0. The summed E-state index contributed by atoms with van der Waals surface area (Å²) in [6.07, 6.45) is 0.970. The molecular formula is C19H22N2O4S. The summed E-state index contributed by atoms with van der Waals surface area (Å²) in [5.74, 6) is 1.71. The van der Waals surface area contributed by atoms with Crippen LogP contribution in [0.5, 0.6) is 5.75 Å². The van der Waals surface area contributed by atoms with Crippen LogP contribution in [0.1, 0.15) is 19.1 Å². The van der Waals surface area contributed by atoms with E-state index < -0.39 is 10.8 Å². The lowest BCUT2D eigenvalue weighted by Crippen LogP contribution is -2.09. The summed E-state index contributed by atoms with van der Waals surface area (Å²) in [6.45, 7) is 4.50. The Kier molecular flexibility index (Phi) is 5.51. The number of hydrogen-bond donors (Lipinski definition) is 3. The van der Waals surface area contributed by atoms with Crippen molar-refractivity contribution in [2.45, 2.75) is 25.2 Å². The van der Waals surface area contributed by atoms with Crippen molar-refractivity contribution in [3.8, 4) is 16.9 Å². The van der Waals surface area contributed by atoms with Crippen molar-refractivity contribution >= 4 is 16.6 Å². The van der Waals surface area contributed by atoms with E-state index in [0.29, 0.717) is 17.3 Å². The topological polar surface area (TPSA) is 87.8 Å². The van der Waals surface area contributed by atoms with Crippen LogP contribution in [0.3, 0.4) is 0 Å². The van der Waals surface area contributed by atoms with Gasteiger partial charge in [0.25, 0.3) is 0 Å². The number of hydrogen-bond acceptors (Lipinski definition) is 6. The Morgan fingerprint density at radius 2 is 1.65 bits per heavy atom. The van der Waals surface area contributed by atoms with Crippen molar-refractivity contribution < 1.29 is 18.4 Å². The van der Waals surface area contributed by atoms with Crippen LogP contribution in [0.2, 0.25) is 0 Å². The predicted octanol–water partition coefficient (Wildman–Crippen LogP) is 5.58. The molecule has 3 N–H and O–H groups in total. The Hall–Kier alpha value is -2.48. The number of rotatable bonds is 7. The van der Waals surface area contributed by atoms with E-state index in [1.807, 2.05) is 36.4 Å². The quantitative estimate of drug-likeness (QED) is 0.501. The summed E-state index contributed by atoms with van der Waals surface area (Å²) in [6, 6.07) is 16.5. The van der Waals surface area contributed by atoms with E-state index in [1.165, 1.54) is 0 Å². The molecule has 1 heterocycles. The molecule has 3 aromatic rings. The molecule has 0 aliphatic heterocycles. The molecule has 0 unspecified atom stereocenters. The Labute approximate surface area is 154 Å². The molecule has 0 aliphatic carbocycles. The Balaban J connectivity index is 1.73. The van der Waals surface area contributed by atoms with Gasteiger partial charge in [-0.1, -0.05) is 47.1 Å². The molecule has 0 atom stereocenters. The minimum absolute atomic E-state index is 0.286. The second kappa shape index (κ2) is 7.82. The monoisotopic (exact) mass is 374 g/mol. The van der Waals surface area contributed by atoms with Crippen molar-refractivity contribution in [3.63, 3.8) is 0 Å². The minimum Gasteiger partial charge on any atom is -0.494 e. The summed E-state index contributed by atoms with van der Waals surface area (Å²) in [5, 5.41) is 3.72. The highest BCUT2D eigenvalue weighted by molar-refractivity contribution is 8.25. The van der Waals surface area contributed by atoms with Gasteiger partial charge in [0.1, 0.15) is 11.5 Å². The van der Waals surface area contributed by atoms with E-state index in [-0.39, 0.29) is 5.82 Å². The van der Waals surface area contributed by atoms with Crippen molar-refractivity contribution in [2.75, 3.05) is 11.3 Å². The number of nitrogens with one attached hydrogen (secondary N) is 1. The second-order valence-electron chi connectivity index (χ2n) is 5.87. The summed E-state index contributed by atoms with van der Waals surface area (Å²) in [5.41, 5.74) is 2.00. The zero-order chi connectivity index (χ0) is 18.6. The second-order valence-corrected chi connectivity index (χ2v) is 7.64. The van der Waals surface area contributed by atoms with E-state index in [2.05, 4.69) is 16.8 Å². The number of aryl methyl sites for hydroxylation is 1. The minimum atomic E-state index is -3.21. The van der Waals surface area contributed by atoms with Gasteiger partial charge in [0.2, 0.25) is 0 Å². The van der Waals surface area contributed by atoms with Crippen LogP contribution in [0, 0.1) is 6.92 Å². The molecule has 1 aromatic heterocycles. The first-order valence-electron chi connectivity index (χ1n) is 8.30. The lowest BCUT2D eigenvalue weighted by molar-refractivity contribution is 0.317. The van der Waals surface area contributed by atoms with Gasteiger partial charge in [-0.2, -0.15) is 0 Å². The fraction of sp³-hybridized carbons (Fsp3) is 0.211. The molecular weight excluding hydrogens is 352 g/mol. The maximum atomic E-state index is 10.4. The lowest BCUT2D eigenvalue weighted by atomic mass is 10.1. The van der Waals surface area contributed by atoms with Crippen LogP contribution in [0.25, 0.3) is 11.1 Å². The highest BCUT2D eigenvalue weighted by atomic mass is 32.3. The van der Waals surface area contributed by atoms with Crippen molar-refractivity contribution in [1.29, 1.82) is 0 Å². The molecule has 2 aromatic carbocycles. The number of ether oxygens (including phenoxy) is 1. The highest BCUT2D eigenvalue weighted by Gasteiger charge is 2.17. The van der Waals surface area contributed by atoms with E-state index in [4.69, 9.17) is 9.26 Å². The Morgan fingerprint density at radius 1 is 1.04 bits per heavy atom. The molecule has 138 valence electrons. The standard InChI is InChI=1S/C19H22N2O4S/c1-3-12-24-17-8-4-15(5-9-17)16-6-10-18(11-7-16)26(22,23)21-19-13-14(2)25-20-19/h4-11,13,22-23H,3,12H2,1-2H3,(H,20,21). The summed E-state index contributed by atoms with van der Waals surface area (Å²) in [4.78, 5) is 0.379. The molecule has 0 spiro atoms. The average molecular weight is 374 g/mol. The van der Waals surface area contributed by atoms with Gasteiger partial charge in [-0.3, -0.25) is 13.8 Å². The van der Waals surface area contributed by atoms with Crippen LogP contribution in [0.15, 0.2) is 64.0 Å². The van der Waals surface area contributed by atoms with Gasteiger partial charge in [0, 0.05) is 6.07 Å². The fourth-order valence-corrected chi connectivity index (χ4v) is 3.44. The molecule has 0 bridgehead atoms. The molecule has 3 rings (SSSR count). The fourth-order valence-electron chi connectivity index (χ4n) is 2.42. The molecule has 0 fully saturated rings. The van der Waals surface area contributed by atoms with Crippen LogP contribution < -0.4 is 9.46 Å². The lowest BCUT2D eigenvalue weighted by Gasteiger charge is -2.32. The maximum absolute atomic E-state index is 10.4.